The van der Waals surface area contributed by atoms with Crippen molar-refractivity contribution in [2.45, 2.75) is 38.1 Å². The largest absolute Gasteiger partial charge is 0.395 e. The zero-order valence-electron chi connectivity index (χ0n) is 10.2. The summed E-state index contributed by atoms with van der Waals surface area (Å²) in [5.74, 6) is 0.0986. The Morgan fingerprint density at radius 3 is 2.62 bits per heavy atom. The monoisotopic (exact) mass is 229 g/mol. The molecule has 4 heteroatoms. The predicted molar refractivity (Wildman–Crippen MR) is 62.4 cm³/mol. The maximum Gasteiger partial charge on any atom is 0.172 e. The van der Waals surface area contributed by atoms with E-state index < -0.39 is 0 Å². The number of aliphatic hydroxyl groups is 1. The van der Waals surface area contributed by atoms with Gasteiger partial charge in [0.1, 0.15) is 6.61 Å². The highest BCUT2D eigenvalue weighted by atomic mass is 16.5. The molecule has 16 heavy (non-hydrogen) atoms. The third-order valence-electron chi connectivity index (χ3n) is 3.16. The molecular weight excluding hydrogens is 206 g/mol. The molecule has 94 valence electrons. The summed E-state index contributed by atoms with van der Waals surface area (Å²) in [6.07, 6.45) is 6.09. The van der Waals surface area contributed by atoms with Crippen LogP contribution in [0.3, 0.4) is 0 Å². The van der Waals surface area contributed by atoms with Gasteiger partial charge in [-0.15, -0.1) is 0 Å². The van der Waals surface area contributed by atoms with Gasteiger partial charge in [-0.2, -0.15) is 0 Å². The van der Waals surface area contributed by atoms with E-state index in [4.69, 9.17) is 9.84 Å². The average Bonchev–Trinajstić information content (AvgIpc) is 2.30. The molecule has 1 N–H and O–H groups in total. The number of ether oxygens (including phenoxy) is 1. The zero-order chi connectivity index (χ0) is 11.8. The van der Waals surface area contributed by atoms with Crippen LogP contribution in [0.4, 0.5) is 0 Å². The third-order valence-corrected chi connectivity index (χ3v) is 3.16. The molecule has 1 fully saturated rings. The summed E-state index contributed by atoms with van der Waals surface area (Å²) in [5, 5.41) is 9.03. The fraction of sp³-hybridized carbons (Fsp3) is 0.917. The van der Waals surface area contributed by atoms with Gasteiger partial charge in [0.25, 0.3) is 0 Å². The van der Waals surface area contributed by atoms with E-state index in [0.29, 0.717) is 19.1 Å². The van der Waals surface area contributed by atoms with E-state index >= 15 is 0 Å². The first-order valence-corrected chi connectivity index (χ1v) is 6.13. The molecule has 0 bridgehead atoms. The Kier molecular flexibility index (Phi) is 6.61. The van der Waals surface area contributed by atoms with Crippen molar-refractivity contribution < 1.29 is 14.6 Å². The minimum absolute atomic E-state index is 0.0986. The van der Waals surface area contributed by atoms with Crippen molar-refractivity contribution in [1.29, 1.82) is 0 Å². The molecular formula is C12H23NO3. The van der Waals surface area contributed by atoms with Gasteiger partial charge in [-0.05, 0) is 12.8 Å². The lowest BCUT2D eigenvalue weighted by atomic mass is 9.94. The molecule has 0 aliphatic heterocycles. The number of carbonyl (C=O) groups excluding carboxylic acids is 1. The van der Waals surface area contributed by atoms with Crippen LogP contribution in [-0.2, 0) is 9.53 Å². The number of ketones is 1. The number of hydrogen-bond donors (Lipinski definition) is 1. The SMILES string of the molecule is COCC(=O)CN(CCO)C1CCCCC1. The summed E-state index contributed by atoms with van der Waals surface area (Å²) in [6, 6.07) is 0.474. The Bertz CT molecular complexity index is 202. The lowest BCUT2D eigenvalue weighted by molar-refractivity contribution is -0.124. The normalized spacial score (nSPS) is 17.9. The van der Waals surface area contributed by atoms with E-state index in [9.17, 15) is 4.79 Å². The first kappa shape index (κ1) is 13.6. The number of aliphatic hydroxyl groups excluding tert-OH is 1. The molecule has 1 saturated carbocycles. The van der Waals surface area contributed by atoms with E-state index in [0.717, 1.165) is 12.8 Å². The van der Waals surface area contributed by atoms with Gasteiger partial charge in [0.05, 0.1) is 13.2 Å². The van der Waals surface area contributed by atoms with Crippen molar-refractivity contribution in [3.05, 3.63) is 0 Å². The minimum atomic E-state index is 0.0986. The van der Waals surface area contributed by atoms with Crippen LogP contribution in [0.15, 0.2) is 0 Å². The molecule has 0 saturated heterocycles. The van der Waals surface area contributed by atoms with E-state index in [1.165, 1.54) is 26.4 Å². The number of Topliss-reactive ketones (excluding diaryl/α,β-unsaturated/α-hetero) is 1. The molecule has 1 aliphatic carbocycles. The first-order valence-electron chi connectivity index (χ1n) is 6.13. The molecule has 1 aliphatic rings. The first-order chi connectivity index (χ1) is 7.77. The lowest BCUT2D eigenvalue weighted by Crippen LogP contribution is -2.42. The highest BCUT2D eigenvalue weighted by Gasteiger charge is 2.22. The molecule has 1 rings (SSSR count). The zero-order valence-corrected chi connectivity index (χ0v) is 10.2. The van der Waals surface area contributed by atoms with Crippen LogP contribution in [0, 0.1) is 0 Å². The maximum absolute atomic E-state index is 11.5. The van der Waals surface area contributed by atoms with E-state index in [1.807, 2.05) is 0 Å². The maximum atomic E-state index is 11.5. The van der Waals surface area contributed by atoms with Gasteiger partial charge in [0, 0.05) is 19.7 Å². The number of hydrogen-bond acceptors (Lipinski definition) is 4. The Hall–Kier alpha value is -0.450. The molecule has 0 aromatic heterocycles. The Morgan fingerprint density at radius 1 is 1.38 bits per heavy atom. The van der Waals surface area contributed by atoms with Crippen LogP contribution in [0.5, 0.6) is 0 Å². The van der Waals surface area contributed by atoms with Gasteiger partial charge in [-0.25, -0.2) is 0 Å². The number of nitrogens with zero attached hydrogens (tertiary/aromatic N) is 1. The van der Waals surface area contributed by atoms with Gasteiger partial charge < -0.3 is 9.84 Å². The van der Waals surface area contributed by atoms with Crippen molar-refractivity contribution >= 4 is 5.78 Å². The summed E-state index contributed by atoms with van der Waals surface area (Å²) >= 11 is 0. The Morgan fingerprint density at radius 2 is 2.06 bits per heavy atom. The van der Waals surface area contributed by atoms with Crippen molar-refractivity contribution in [1.82, 2.24) is 4.90 Å². The summed E-state index contributed by atoms with van der Waals surface area (Å²) in [7, 11) is 1.54. The number of carbonyl (C=O) groups is 1. The van der Waals surface area contributed by atoms with Crippen LogP contribution in [0.25, 0.3) is 0 Å². The summed E-state index contributed by atoms with van der Waals surface area (Å²) in [5.41, 5.74) is 0. The van der Waals surface area contributed by atoms with E-state index in [-0.39, 0.29) is 19.0 Å². The fourth-order valence-electron chi connectivity index (χ4n) is 2.40. The van der Waals surface area contributed by atoms with Crippen molar-refractivity contribution in [2.75, 3.05) is 33.4 Å². The topological polar surface area (TPSA) is 49.8 Å². The molecule has 0 amide bonds. The van der Waals surface area contributed by atoms with Gasteiger partial charge in [0.2, 0.25) is 0 Å². The van der Waals surface area contributed by atoms with Crippen molar-refractivity contribution in [2.24, 2.45) is 0 Å². The van der Waals surface area contributed by atoms with Gasteiger partial charge >= 0.3 is 0 Å². The van der Waals surface area contributed by atoms with E-state index in [1.54, 1.807) is 0 Å². The molecule has 0 heterocycles. The molecule has 0 unspecified atom stereocenters. The third kappa shape index (κ3) is 4.60. The standard InChI is InChI=1S/C12H23NO3/c1-16-10-12(15)9-13(7-8-14)11-5-3-2-4-6-11/h11,14H,2-10H2,1H3. The molecule has 4 nitrogen and oxygen atoms in total. The summed E-state index contributed by atoms with van der Waals surface area (Å²) in [6.45, 7) is 1.31. The van der Waals surface area contributed by atoms with Gasteiger partial charge in [-0.3, -0.25) is 9.69 Å². The van der Waals surface area contributed by atoms with Crippen LogP contribution in [0.1, 0.15) is 32.1 Å². The molecule has 0 aromatic rings. The summed E-state index contributed by atoms with van der Waals surface area (Å²) < 4.78 is 4.83. The van der Waals surface area contributed by atoms with Crippen molar-refractivity contribution in [3.63, 3.8) is 0 Å². The Balaban J connectivity index is 2.41. The molecule has 0 radical (unpaired) electrons. The average molecular weight is 229 g/mol. The number of rotatable bonds is 7. The second kappa shape index (κ2) is 7.76. The number of methoxy groups -OCH3 is 1. The van der Waals surface area contributed by atoms with Crippen LogP contribution >= 0.6 is 0 Å². The smallest absolute Gasteiger partial charge is 0.172 e. The lowest BCUT2D eigenvalue weighted by Gasteiger charge is -2.33. The second-order valence-electron chi connectivity index (χ2n) is 4.46. The highest BCUT2D eigenvalue weighted by Crippen LogP contribution is 2.22. The minimum Gasteiger partial charge on any atom is -0.395 e. The highest BCUT2D eigenvalue weighted by molar-refractivity contribution is 5.81. The van der Waals surface area contributed by atoms with Crippen LogP contribution in [0.2, 0.25) is 0 Å². The molecule has 0 spiro atoms. The fourth-order valence-corrected chi connectivity index (χ4v) is 2.40. The Labute approximate surface area is 97.6 Å². The van der Waals surface area contributed by atoms with Crippen LogP contribution < -0.4 is 0 Å². The quantitative estimate of drug-likeness (QED) is 0.702. The second-order valence-corrected chi connectivity index (χ2v) is 4.46. The predicted octanol–water partition coefficient (Wildman–Crippen LogP) is 0.829. The van der Waals surface area contributed by atoms with Gasteiger partial charge in [-0.1, -0.05) is 19.3 Å². The van der Waals surface area contributed by atoms with E-state index in [2.05, 4.69) is 4.90 Å². The summed E-state index contributed by atoms with van der Waals surface area (Å²) in [4.78, 5) is 13.6. The van der Waals surface area contributed by atoms with Gasteiger partial charge in [0.15, 0.2) is 5.78 Å². The molecule has 0 atom stereocenters. The molecule has 0 aromatic carbocycles. The van der Waals surface area contributed by atoms with Crippen molar-refractivity contribution in [3.8, 4) is 0 Å². The van der Waals surface area contributed by atoms with Crippen LogP contribution in [-0.4, -0.2) is 55.2 Å².